The van der Waals surface area contributed by atoms with Gasteiger partial charge in [-0.2, -0.15) is 0 Å². The molecular formula is C22H26Cl3N3O3. The Morgan fingerprint density at radius 2 is 1.81 bits per heavy atom. The van der Waals surface area contributed by atoms with Crippen LogP contribution in [-0.2, 0) is 22.4 Å². The first-order chi connectivity index (χ1) is 14.4. The number of fused-ring (bicyclic) bond motifs is 1. The van der Waals surface area contributed by atoms with Crippen LogP contribution in [0, 0.1) is 0 Å². The summed E-state index contributed by atoms with van der Waals surface area (Å²) in [5.74, 6) is -1.19. The number of nitrogens with one attached hydrogen (secondary N) is 2. The molecule has 0 bridgehead atoms. The van der Waals surface area contributed by atoms with Crippen LogP contribution in [0.5, 0.6) is 0 Å². The Morgan fingerprint density at radius 3 is 2.45 bits per heavy atom. The Morgan fingerprint density at radius 1 is 1.13 bits per heavy atom. The molecule has 0 aliphatic carbocycles. The van der Waals surface area contributed by atoms with E-state index in [0.717, 1.165) is 24.8 Å². The molecule has 0 saturated heterocycles. The lowest BCUT2D eigenvalue weighted by Crippen LogP contribution is -2.41. The van der Waals surface area contributed by atoms with Gasteiger partial charge in [-0.25, -0.2) is 4.79 Å². The number of rotatable bonds is 8. The maximum absolute atomic E-state index is 12.7. The van der Waals surface area contributed by atoms with E-state index in [2.05, 4.69) is 10.6 Å². The lowest BCUT2D eigenvalue weighted by Gasteiger charge is -2.32. The molecule has 6 nitrogen and oxygen atoms in total. The van der Waals surface area contributed by atoms with Crippen LogP contribution < -0.4 is 16.4 Å². The van der Waals surface area contributed by atoms with Gasteiger partial charge in [0.2, 0.25) is 5.91 Å². The van der Waals surface area contributed by atoms with Gasteiger partial charge in [0.05, 0.1) is 12.5 Å². The van der Waals surface area contributed by atoms with Crippen molar-refractivity contribution in [2.75, 3.05) is 11.9 Å². The lowest BCUT2D eigenvalue weighted by atomic mass is 9.92. The minimum Gasteiger partial charge on any atom is -0.480 e. The first-order valence-corrected chi connectivity index (χ1v) is 10.7. The number of benzene rings is 2. The summed E-state index contributed by atoms with van der Waals surface area (Å²) in [6, 6.07) is 9.80. The summed E-state index contributed by atoms with van der Waals surface area (Å²) in [5.41, 5.74) is 8.81. The summed E-state index contributed by atoms with van der Waals surface area (Å²) >= 11 is 12.4. The third-order valence-corrected chi connectivity index (χ3v) is 5.72. The van der Waals surface area contributed by atoms with E-state index in [9.17, 15) is 14.7 Å². The van der Waals surface area contributed by atoms with Gasteiger partial charge in [-0.05, 0) is 49.1 Å². The highest BCUT2D eigenvalue weighted by molar-refractivity contribution is 6.35. The van der Waals surface area contributed by atoms with Gasteiger partial charge in [-0.3, -0.25) is 4.79 Å². The van der Waals surface area contributed by atoms with E-state index in [1.54, 1.807) is 12.1 Å². The van der Waals surface area contributed by atoms with Crippen molar-refractivity contribution >= 4 is 53.2 Å². The number of carbonyl (C=O) groups excluding carboxylic acids is 1. The van der Waals surface area contributed by atoms with E-state index >= 15 is 0 Å². The zero-order chi connectivity index (χ0) is 21.7. The largest absolute Gasteiger partial charge is 0.480 e. The lowest BCUT2D eigenvalue weighted by molar-refractivity contribution is -0.138. The van der Waals surface area contributed by atoms with E-state index < -0.39 is 18.1 Å². The van der Waals surface area contributed by atoms with E-state index in [1.165, 1.54) is 5.56 Å². The van der Waals surface area contributed by atoms with Crippen LogP contribution in [0.25, 0.3) is 0 Å². The Bertz CT molecular complexity index is 922. The molecule has 1 aliphatic rings. The molecule has 31 heavy (non-hydrogen) atoms. The molecule has 2 aromatic carbocycles. The van der Waals surface area contributed by atoms with Gasteiger partial charge in [-0.1, -0.05) is 47.5 Å². The Hall–Kier alpha value is -1.99. The minimum absolute atomic E-state index is 0. The normalized spacial score (nSPS) is 17.1. The molecule has 1 aliphatic heterocycles. The van der Waals surface area contributed by atoms with Crippen molar-refractivity contribution in [1.82, 2.24) is 5.32 Å². The van der Waals surface area contributed by atoms with Crippen molar-refractivity contribution in [2.45, 2.75) is 44.2 Å². The molecule has 1 heterocycles. The van der Waals surface area contributed by atoms with Gasteiger partial charge in [0, 0.05) is 27.7 Å². The molecule has 0 fully saturated rings. The first kappa shape index (κ1) is 25.3. The number of nitrogens with two attached hydrogens (primary N) is 1. The number of halogens is 3. The number of unbranched alkanes of at least 4 members (excludes halogenated alkanes) is 1. The number of aryl methyl sites for hydroxylation is 1. The molecule has 3 rings (SSSR count). The van der Waals surface area contributed by atoms with Crippen LogP contribution in [0.15, 0.2) is 36.4 Å². The molecule has 9 heteroatoms. The summed E-state index contributed by atoms with van der Waals surface area (Å²) in [4.78, 5) is 24.2. The number of carboxylic acids is 1. The fourth-order valence-corrected chi connectivity index (χ4v) is 4.31. The highest BCUT2D eigenvalue weighted by Gasteiger charge is 2.33. The molecule has 2 atom stereocenters. The van der Waals surface area contributed by atoms with E-state index in [1.807, 2.05) is 24.3 Å². The number of anilines is 1. The van der Waals surface area contributed by atoms with Crippen molar-refractivity contribution in [3.8, 4) is 0 Å². The van der Waals surface area contributed by atoms with Gasteiger partial charge in [0.1, 0.15) is 6.04 Å². The average molecular weight is 487 g/mol. The third-order valence-electron chi connectivity index (χ3n) is 5.18. The molecule has 5 N–H and O–H groups in total. The molecule has 0 spiro atoms. The number of carbonyl (C=O) groups is 2. The van der Waals surface area contributed by atoms with E-state index in [-0.39, 0.29) is 31.2 Å². The maximum Gasteiger partial charge on any atom is 0.326 e. The summed E-state index contributed by atoms with van der Waals surface area (Å²) in [5, 5.41) is 16.1. The molecule has 0 aromatic heterocycles. The highest BCUT2D eigenvalue weighted by Crippen LogP contribution is 2.39. The number of hydrogen-bond donors (Lipinski definition) is 4. The monoisotopic (exact) mass is 485 g/mol. The Balaban J connectivity index is 0.00000341. The third kappa shape index (κ3) is 6.74. The molecule has 0 unspecified atom stereocenters. The summed E-state index contributed by atoms with van der Waals surface area (Å²) < 4.78 is 0. The van der Waals surface area contributed by atoms with Crippen molar-refractivity contribution in [3.63, 3.8) is 0 Å². The fraction of sp³-hybridized carbons (Fsp3) is 0.364. The second-order valence-electron chi connectivity index (χ2n) is 7.48. The van der Waals surface area contributed by atoms with Crippen LogP contribution in [-0.4, -0.2) is 29.6 Å². The Kier molecular flexibility index (Phi) is 9.44. The quantitative estimate of drug-likeness (QED) is 0.415. The van der Waals surface area contributed by atoms with Crippen LogP contribution in [0.3, 0.4) is 0 Å². The molecule has 168 valence electrons. The van der Waals surface area contributed by atoms with Crippen molar-refractivity contribution in [3.05, 3.63) is 63.1 Å². The van der Waals surface area contributed by atoms with E-state index in [0.29, 0.717) is 27.8 Å². The van der Waals surface area contributed by atoms with Crippen LogP contribution in [0.4, 0.5) is 5.69 Å². The number of amides is 1. The average Bonchev–Trinajstić information content (AvgIpc) is 2.68. The predicted molar refractivity (Wildman–Crippen MR) is 126 cm³/mol. The van der Waals surface area contributed by atoms with Crippen LogP contribution in [0.1, 0.15) is 42.0 Å². The van der Waals surface area contributed by atoms with Crippen molar-refractivity contribution < 1.29 is 14.7 Å². The summed E-state index contributed by atoms with van der Waals surface area (Å²) in [6.45, 7) is 0.691. The van der Waals surface area contributed by atoms with Gasteiger partial charge >= 0.3 is 5.97 Å². The second-order valence-corrected chi connectivity index (χ2v) is 8.32. The molecular weight excluding hydrogens is 461 g/mol. The number of hydrogen-bond acceptors (Lipinski definition) is 4. The SMILES string of the molecule is Cl.NCCCCc1ccc(CC(=O)N[C@H]2C[C@H](C(=O)O)Nc3cc(Cl)cc(Cl)c32)cc1. The summed E-state index contributed by atoms with van der Waals surface area (Å²) in [7, 11) is 0. The second kappa shape index (κ2) is 11.6. The van der Waals surface area contributed by atoms with Gasteiger partial charge in [-0.15, -0.1) is 12.4 Å². The van der Waals surface area contributed by atoms with Crippen LogP contribution >= 0.6 is 35.6 Å². The summed E-state index contributed by atoms with van der Waals surface area (Å²) in [6.07, 6.45) is 3.39. The van der Waals surface area contributed by atoms with Gasteiger partial charge < -0.3 is 21.5 Å². The Labute approximate surface area is 197 Å². The first-order valence-electron chi connectivity index (χ1n) is 9.93. The van der Waals surface area contributed by atoms with Crippen LogP contribution in [0.2, 0.25) is 10.0 Å². The van der Waals surface area contributed by atoms with Gasteiger partial charge in [0.15, 0.2) is 0 Å². The minimum atomic E-state index is -0.999. The zero-order valence-corrected chi connectivity index (χ0v) is 19.2. The van der Waals surface area contributed by atoms with Gasteiger partial charge in [0.25, 0.3) is 0 Å². The molecule has 2 aromatic rings. The van der Waals surface area contributed by atoms with Crippen molar-refractivity contribution in [1.29, 1.82) is 0 Å². The highest BCUT2D eigenvalue weighted by atomic mass is 35.5. The molecule has 0 radical (unpaired) electrons. The number of carboxylic acid groups (broad SMARTS) is 1. The number of aliphatic carboxylic acids is 1. The van der Waals surface area contributed by atoms with Crippen molar-refractivity contribution in [2.24, 2.45) is 5.73 Å². The maximum atomic E-state index is 12.7. The van der Waals surface area contributed by atoms with E-state index in [4.69, 9.17) is 28.9 Å². The molecule has 1 amide bonds. The standard InChI is InChI=1S/C22H25Cl2N3O3.ClH/c23-15-10-16(24)21-17(11-15)26-19(22(29)30)12-18(21)27-20(28)9-14-6-4-13(5-7-14)3-1-2-8-25;/h4-7,10-11,18-19,26H,1-3,8-9,12,25H2,(H,27,28)(H,29,30);1H/t18-,19+;/m0./s1. The molecule has 0 saturated carbocycles. The zero-order valence-electron chi connectivity index (χ0n) is 16.9. The predicted octanol–water partition coefficient (Wildman–Crippen LogP) is 4.37. The topological polar surface area (TPSA) is 104 Å². The fourth-order valence-electron chi connectivity index (χ4n) is 3.68. The smallest absolute Gasteiger partial charge is 0.326 e.